The van der Waals surface area contributed by atoms with Gasteiger partial charge in [0.25, 0.3) is 0 Å². The van der Waals surface area contributed by atoms with Crippen molar-refractivity contribution in [1.29, 1.82) is 0 Å². The van der Waals surface area contributed by atoms with Gasteiger partial charge in [0.15, 0.2) is 0 Å². The average molecular weight is 268 g/mol. The van der Waals surface area contributed by atoms with Crippen molar-refractivity contribution in [3.63, 3.8) is 0 Å². The Hall–Kier alpha value is -0.160. The Balaban J connectivity index is 1.84. The Labute approximate surface area is 118 Å². The highest BCUT2D eigenvalue weighted by Gasteiger charge is 2.29. The normalized spacial score (nSPS) is 30.2. The molecule has 0 saturated carbocycles. The minimum absolute atomic E-state index is 0.664. The molecule has 4 nitrogen and oxygen atoms in total. The fraction of sp³-hybridized carbons (Fsp3) is 1.00. The summed E-state index contributed by atoms with van der Waals surface area (Å²) in [6.45, 7) is 10.9. The molecule has 0 aromatic heterocycles. The summed E-state index contributed by atoms with van der Waals surface area (Å²) in [7, 11) is 4.41. The zero-order chi connectivity index (χ0) is 13.7. The largest absolute Gasteiger partial charge is 0.316 e. The summed E-state index contributed by atoms with van der Waals surface area (Å²) in [6, 6.07) is 0.664. The van der Waals surface area contributed by atoms with Crippen LogP contribution in [0.1, 0.15) is 19.8 Å². The van der Waals surface area contributed by atoms with Crippen molar-refractivity contribution < 1.29 is 0 Å². The van der Waals surface area contributed by atoms with Crippen LogP contribution in [0.5, 0.6) is 0 Å². The average Bonchev–Trinajstić information content (AvgIpc) is 2.41. The number of rotatable bonds is 5. The summed E-state index contributed by atoms with van der Waals surface area (Å²) in [5, 5.41) is 7.05. The van der Waals surface area contributed by atoms with Crippen LogP contribution in [0.2, 0.25) is 0 Å². The van der Waals surface area contributed by atoms with E-state index >= 15 is 0 Å². The van der Waals surface area contributed by atoms with Crippen LogP contribution < -0.4 is 10.6 Å². The molecular formula is C15H32N4. The summed E-state index contributed by atoms with van der Waals surface area (Å²) in [5.41, 5.74) is 0. The van der Waals surface area contributed by atoms with Crippen LogP contribution in [-0.4, -0.2) is 75.8 Å². The lowest BCUT2D eigenvalue weighted by Crippen LogP contribution is -2.51. The van der Waals surface area contributed by atoms with E-state index in [4.69, 9.17) is 0 Å². The van der Waals surface area contributed by atoms with E-state index in [2.05, 4.69) is 41.5 Å². The van der Waals surface area contributed by atoms with E-state index in [-0.39, 0.29) is 0 Å². The van der Waals surface area contributed by atoms with Gasteiger partial charge in [0.2, 0.25) is 0 Å². The molecular weight excluding hydrogens is 236 g/mol. The van der Waals surface area contributed by atoms with E-state index in [0.717, 1.165) is 24.9 Å². The SMILES string of the molecule is CNC(C(C)CN1CCNCC1)C1CCCN(C)C1. The molecule has 2 fully saturated rings. The number of piperazine rings is 1. The smallest absolute Gasteiger partial charge is 0.0142 e. The maximum absolute atomic E-state index is 3.61. The van der Waals surface area contributed by atoms with Gasteiger partial charge in [-0.3, -0.25) is 0 Å². The van der Waals surface area contributed by atoms with Crippen molar-refractivity contribution in [2.75, 3.05) is 59.9 Å². The van der Waals surface area contributed by atoms with E-state index < -0.39 is 0 Å². The van der Waals surface area contributed by atoms with Crippen LogP contribution in [0.25, 0.3) is 0 Å². The van der Waals surface area contributed by atoms with Crippen LogP contribution >= 0.6 is 0 Å². The highest BCUT2D eigenvalue weighted by atomic mass is 15.2. The van der Waals surface area contributed by atoms with Gasteiger partial charge >= 0.3 is 0 Å². The van der Waals surface area contributed by atoms with E-state index in [1.807, 2.05) is 0 Å². The van der Waals surface area contributed by atoms with Gasteiger partial charge in [0, 0.05) is 45.3 Å². The Morgan fingerprint density at radius 3 is 2.63 bits per heavy atom. The zero-order valence-corrected chi connectivity index (χ0v) is 13.0. The molecule has 4 heteroatoms. The third-order valence-electron chi connectivity index (χ3n) is 4.87. The number of piperidine rings is 1. The second-order valence-corrected chi connectivity index (χ2v) is 6.51. The number of hydrogen-bond acceptors (Lipinski definition) is 4. The monoisotopic (exact) mass is 268 g/mol. The molecule has 0 radical (unpaired) electrons. The molecule has 0 spiro atoms. The third kappa shape index (κ3) is 4.42. The van der Waals surface area contributed by atoms with Crippen LogP contribution in [0.4, 0.5) is 0 Å². The number of hydrogen-bond donors (Lipinski definition) is 2. The van der Waals surface area contributed by atoms with E-state index in [9.17, 15) is 0 Å². The number of likely N-dealkylation sites (tertiary alicyclic amines) is 1. The van der Waals surface area contributed by atoms with Crippen LogP contribution in [0.3, 0.4) is 0 Å². The molecule has 0 amide bonds. The lowest BCUT2D eigenvalue weighted by atomic mass is 9.83. The van der Waals surface area contributed by atoms with Gasteiger partial charge < -0.3 is 20.4 Å². The molecule has 112 valence electrons. The molecule has 2 aliphatic rings. The van der Waals surface area contributed by atoms with Gasteiger partial charge in [-0.05, 0) is 45.3 Å². The lowest BCUT2D eigenvalue weighted by molar-refractivity contribution is 0.125. The maximum atomic E-state index is 3.61. The van der Waals surface area contributed by atoms with Gasteiger partial charge in [0.05, 0.1) is 0 Å². The Morgan fingerprint density at radius 2 is 2.00 bits per heavy atom. The maximum Gasteiger partial charge on any atom is 0.0142 e. The summed E-state index contributed by atoms with van der Waals surface area (Å²) < 4.78 is 0. The molecule has 0 aromatic carbocycles. The molecule has 3 atom stereocenters. The second kappa shape index (κ2) is 7.58. The minimum atomic E-state index is 0.664. The van der Waals surface area contributed by atoms with Crippen molar-refractivity contribution >= 4 is 0 Å². The van der Waals surface area contributed by atoms with E-state index in [0.29, 0.717) is 6.04 Å². The highest BCUT2D eigenvalue weighted by Crippen LogP contribution is 2.23. The molecule has 2 N–H and O–H groups in total. The van der Waals surface area contributed by atoms with Gasteiger partial charge in [-0.1, -0.05) is 6.92 Å². The molecule has 0 aromatic rings. The van der Waals surface area contributed by atoms with Crippen molar-refractivity contribution in [2.24, 2.45) is 11.8 Å². The molecule has 2 heterocycles. The summed E-state index contributed by atoms with van der Waals surface area (Å²) >= 11 is 0. The molecule has 3 unspecified atom stereocenters. The first kappa shape index (κ1) is 15.2. The highest BCUT2D eigenvalue weighted by molar-refractivity contribution is 4.86. The lowest BCUT2D eigenvalue weighted by Gasteiger charge is -2.40. The predicted molar refractivity (Wildman–Crippen MR) is 81.5 cm³/mol. The molecule has 2 saturated heterocycles. The fourth-order valence-electron chi connectivity index (χ4n) is 3.90. The van der Waals surface area contributed by atoms with E-state index in [1.54, 1.807) is 0 Å². The Bertz CT molecular complexity index is 253. The van der Waals surface area contributed by atoms with Crippen molar-refractivity contribution in [1.82, 2.24) is 20.4 Å². The summed E-state index contributed by atoms with van der Waals surface area (Å²) in [5.74, 6) is 1.56. The first-order valence-corrected chi connectivity index (χ1v) is 7.99. The van der Waals surface area contributed by atoms with Crippen molar-refractivity contribution in [3.05, 3.63) is 0 Å². The topological polar surface area (TPSA) is 30.5 Å². The molecule has 2 rings (SSSR count). The summed E-state index contributed by atoms with van der Waals surface area (Å²) in [4.78, 5) is 5.12. The van der Waals surface area contributed by atoms with Crippen LogP contribution in [0, 0.1) is 11.8 Å². The second-order valence-electron chi connectivity index (χ2n) is 6.51. The first-order valence-electron chi connectivity index (χ1n) is 7.99. The molecule has 0 aliphatic carbocycles. The van der Waals surface area contributed by atoms with Crippen LogP contribution in [-0.2, 0) is 0 Å². The fourth-order valence-corrected chi connectivity index (χ4v) is 3.90. The molecule has 19 heavy (non-hydrogen) atoms. The number of nitrogens with zero attached hydrogens (tertiary/aromatic N) is 2. The van der Waals surface area contributed by atoms with Gasteiger partial charge in [-0.25, -0.2) is 0 Å². The predicted octanol–water partition coefficient (Wildman–Crippen LogP) is 0.458. The zero-order valence-electron chi connectivity index (χ0n) is 13.0. The minimum Gasteiger partial charge on any atom is -0.316 e. The quantitative estimate of drug-likeness (QED) is 0.758. The molecule has 0 bridgehead atoms. The summed E-state index contributed by atoms with van der Waals surface area (Å²) in [6.07, 6.45) is 2.75. The van der Waals surface area contributed by atoms with Crippen molar-refractivity contribution in [3.8, 4) is 0 Å². The van der Waals surface area contributed by atoms with Crippen molar-refractivity contribution in [2.45, 2.75) is 25.8 Å². The standard InChI is InChI=1S/C15H32N4/c1-13(11-19-9-6-17-7-10-19)15(16-2)14-5-4-8-18(3)12-14/h13-17H,4-12H2,1-3H3. The Morgan fingerprint density at radius 1 is 1.26 bits per heavy atom. The van der Waals surface area contributed by atoms with Crippen LogP contribution in [0.15, 0.2) is 0 Å². The number of nitrogens with one attached hydrogen (secondary N) is 2. The van der Waals surface area contributed by atoms with E-state index in [1.165, 1.54) is 45.6 Å². The third-order valence-corrected chi connectivity index (χ3v) is 4.87. The molecule has 2 aliphatic heterocycles. The van der Waals surface area contributed by atoms with Gasteiger partial charge in [-0.2, -0.15) is 0 Å². The van der Waals surface area contributed by atoms with Gasteiger partial charge in [0.1, 0.15) is 0 Å². The van der Waals surface area contributed by atoms with Gasteiger partial charge in [-0.15, -0.1) is 0 Å². The first-order chi connectivity index (χ1) is 9.20. The Kier molecular flexibility index (Phi) is 6.07.